The molecule has 3 heteroatoms. The van der Waals surface area contributed by atoms with Crippen LogP contribution >= 0.6 is 0 Å². The van der Waals surface area contributed by atoms with Crippen molar-refractivity contribution in [3.8, 4) is 5.75 Å². The Labute approximate surface area is 110 Å². The molecule has 0 saturated carbocycles. The van der Waals surface area contributed by atoms with Crippen LogP contribution in [0.3, 0.4) is 0 Å². The summed E-state index contributed by atoms with van der Waals surface area (Å²) in [6.45, 7) is 8.18. The van der Waals surface area contributed by atoms with Crippen LogP contribution in [0.2, 0.25) is 0 Å². The number of benzene rings is 1. The largest absolute Gasteiger partial charge is 0.491 e. The Morgan fingerprint density at radius 3 is 2.11 bits per heavy atom. The average molecular weight is 251 g/mol. The van der Waals surface area contributed by atoms with Gasteiger partial charge in [-0.2, -0.15) is 0 Å². The molecule has 0 aromatic heterocycles. The van der Waals surface area contributed by atoms with Gasteiger partial charge in [0.05, 0.1) is 12.2 Å². The summed E-state index contributed by atoms with van der Waals surface area (Å²) in [7, 11) is 0. The van der Waals surface area contributed by atoms with Crippen LogP contribution in [0.25, 0.3) is 0 Å². The van der Waals surface area contributed by atoms with E-state index in [9.17, 15) is 5.11 Å². The summed E-state index contributed by atoms with van der Waals surface area (Å²) < 4.78 is 5.56. The van der Waals surface area contributed by atoms with Gasteiger partial charge in [0.1, 0.15) is 5.75 Å². The second kappa shape index (κ2) is 6.76. The predicted octanol–water partition coefficient (Wildman–Crippen LogP) is 2.88. The first-order valence-electron chi connectivity index (χ1n) is 6.60. The van der Waals surface area contributed by atoms with Crippen LogP contribution in [-0.4, -0.2) is 17.3 Å². The Morgan fingerprint density at radius 1 is 1.11 bits per heavy atom. The molecule has 3 nitrogen and oxygen atoms in total. The van der Waals surface area contributed by atoms with E-state index in [1.807, 2.05) is 38.1 Å². The molecule has 0 fully saturated rings. The van der Waals surface area contributed by atoms with E-state index in [2.05, 4.69) is 13.8 Å². The Balaban J connectivity index is 2.66. The number of ether oxygens (including phenoxy) is 1. The molecule has 1 rings (SSSR count). The normalized spacial score (nSPS) is 14.9. The molecule has 1 aromatic carbocycles. The van der Waals surface area contributed by atoms with Crippen molar-refractivity contribution in [3.05, 3.63) is 29.8 Å². The predicted molar refractivity (Wildman–Crippen MR) is 74.6 cm³/mol. The summed E-state index contributed by atoms with van der Waals surface area (Å²) in [6.07, 6.45) is 0.357. The van der Waals surface area contributed by atoms with Crippen LogP contribution in [0.4, 0.5) is 0 Å². The van der Waals surface area contributed by atoms with E-state index < -0.39 is 6.10 Å². The SMILES string of the molecule is CC(C)CC(N)C(O)c1ccc(OC(C)C)cc1. The number of hydrogen-bond donors (Lipinski definition) is 2. The molecular formula is C15H25NO2. The van der Waals surface area contributed by atoms with Gasteiger partial charge in [-0.25, -0.2) is 0 Å². The van der Waals surface area contributed by atoms with Gasteiger partial charge in [-0.1, -0.05) is 26.0 Å². The molecule has 0 spiro atoms. The van der Waals surface area contributed by atoms with Crippen molar-refractivity contribution in [2.45, 2.75) is 52.4 Å². The maximum absolute atomic E-state index is 10.1. The Morgan fingerprint density at radius 2 is 1.67 bits per heavy atom. The van der Waals surface area contributed by atoms with Crippen molar-refractivity contribution in [2.75, 3.05) is 0 Å². The molecule has 18 heavy (non-hydrogen) atoms. The summed E-state index contributed by atoms with van der Waals surface area (Å²) in [4.78, 5) is 0. The number of rotatable bonds is 6. The van der Waals surface area contributed by atoms with Crippen molar-refractivity contribution >= 4 is 0 Å². The number of aliphatic hydroxyl groups is 1. The van der Waals surface area contributed by atoms with E-state index in [-0.39, 0.29) is 12.1 Å². The fraction of sp³-hybridized carbons (Fsp3) is 0.600. The third kappa shape index (κ3) is 4.67. The van der Waals surface area contributed by atoms with E-state index in [1.54, 1.807) is 0 Å². The molecule has 2 atom stereocenters. The van der Waals surface area contributed by atoms with Gasteiger partial charge < -0.3 is 15.6 Å². The molecular weight excluding hydrogens is 226 g/mol. The Hall–Kier alpha value is -1.06. The number of aliphatic hydroxyl groups excluding tert-OH is 1. The zero-order valence-electron chi connectivity index (χ0n) is 11.8. The fourth-order valence-corrected chi connectivity index (χ4v) is 1.94. The molecule has 0 aliphatic heterocycles. The smallest absolute Gasteiger partial charge is 0.119 e. The lowest BCUT2D eigenvalue weighted by Gasteiger charge is -2.21. The van der Waals surface area contributed by atoms with Crippen LogP contribution < -0.4 is 10.5 Å². The summed E-state index contributed by atoms with van der Waals surface area (Å²) in [6, 6.07) is 7.29. The summed E-state index contributed by atoms with van der Waals surface area (Å²) in [5, 5.41) is 10.1. The summed E-state index contributed by atoms with van der Waals surface area (Å²) >= 11 is 0. The molecule has 0 bridgehead atoms. The van der Waals surface area contributed by atoms with Gasteiger partial charge in [-0.05, 0) is 43.9 Å². The second-order valence-electron chi connectivity index (χ2n) is 5.47. The molecule has 0 radical (unpaired) electrons. The maximum atomic E-state index is 10.1. The van der Waals surface area contributed by atoms with Gasteiger partial charge in [0, 0.05) is 6.04 Å². The van der Waals surface area contributed by atoms with E-state index >= 15 is 0 Å². The molecule has 1 aromatic rings. The number of nitrogens with two attached hydrogens (primary N) is 1. The van der Waals surface area contributed by atoms with E-state index in [4.69, 9.17) is 10.5 Å². The van der Waals surface area contributed by atoms with Crippen LogP contribution in [0.15, 0.2) is 24.3 Å². The average Bonchev–Trinajstić information content (AvgIpc) is 2.27. The Bertz CT molecular complexity index is 346. The first kappa shape index (κ1) is 15.0. The first-order valence-corrected chi connectivity index (χ1v) is 6.60. The lowest BCUT2D eigenvalue weighted by molar-refractivity contribution is 0.136. The monoisotopic (exact) mass is 251 g/mol. The zero-order valence-corrected chi connectivity index (χ0v) is 11.8. The third-order valence-corrected chi connectivity index (χ3v) is 2.74. The highest BCUT2D eigenvalue weighted by atomic mass is 16.5. The van der Waals surface area contributed by atoms with Crippen LogP contribution in [-0.2, 0) is 0 Å². The molecule has 0 aliphatic carbocycles. The highest BCUT2D eigenvalue weighted by Gasteiger charge is 2.17. The van der Waals surface area contributed by atoms with Gasteiger partial charge in [0.25, 0.3) is 0 Å². The third-order valence-electron chi connectivity index (χ3n) is 2.74. The molecule has 0 saturated heterocycles. The maximum Gasteiger partial charge on any atom is 0.119 e. The lowest BCUT2D eigenvalue weighted by atomic mass is 9.95. The molecule has 0 amide bonds. The highest BCUT2D eigenvalue weighted by Crippen LogP contribution is 2.22. The van der Waals surface area contributed by atoms with Crippen molar-refractivity contribution in [3.63, 3.8) is 0 Å². The minimum absolute atomic E-state index is 0.156. The van der Waals surface area contributed by atoms with Crippen LogP contribution in [0.1, 0.15) is 45.8 Å². The van der Waals surface area contributed by atoms with Crippen LogP contribution in [0, 0.1) is 5.92 Å². The van der Waals surface area contributed by atoms with Gasteiger partial charge in [-0.3, -0.25) is 0 Å². The van der Waals surface area contributed by atoms with E-state index in [0.29, 0.717) is 5.92 Å². The number of hydrogen-bond acceptors (Lipinski definition) is 3. The van der Waals surface area contributed by atoms with Crippen molar-refractivity contribution < 1.29 is 9.84 Å². The fourth-order valence-electron chi connectivity index (χ4n) is 1.94. The molecule has 0 heterocycles. The van der Waals surface area contributed by atoms with E-state index in [1.165, 1.54) is 0 Å². The van der Waals surface area contributed by atoms with Gasteiger partial charge in [0.2, 0.25) is 0 Å². The minimum atomic E-state index is -0.611. The first-order chi connectivity index (χ1) is 8.40. The van der Waals surface area contributed by atoms with Gasteiger partial charge in [0.15, 0.2) is 0 Å². The van der Waals surface area contributed by atoms with Crippen molar-refractivity contribution in [1.29, 1.82) is 0 Å². The molecule has 0 aliphatic rings. The topological polar surface area (TPSA) is 55.5 Å². The molecule has 2 unspecified atom stereocenters. The van der Waals surface area contributed by atoms with Crippen molar-refractivity contribution in [1.82, 2.24) is 0 Å². The standard InChI is InChI=1S/C15H25NO2/c1-10(2)9-14(16)15(17)12-5-7-13(8-6-12)18-11(3)4/h5-8,10-11,14-15,17H,9,16H2,1-4H3. The van der Waals surface area contributed by atoms with Crippen molar-refractivity contribution in [2.24, 2.45) is 11.7 Å². The minimum Gasteiger partial charge on any atom is -0.491 e. The van der Waals surface area contributed by atoms with Gasteiger partial charge in [-0.15, -0.1) is 0 Å². The van der Waals surface area contributed by atoms with Gasteiger partial charge >= 0.3 is 0 Å². The Kier molecular flexibility index (Phi) is 5.63. The summed E-state index contributed by atoms with van der Waals surface area (Å²) in [5.41, 5.74) is 6.83. The highest BCUT2D eigenvalue weighted by molar-refractivity contribution is 5.29. The molecule has 102 valence electrons. The lowest BCUT2D eigenvalue weighted by Crippen LogP contribution is -2.29. The molecule has 3 N–H and O–H groups in total. The summed E-state index contributed by atoms with van der Waals surface area (Å²) in [5.74, 6) is 1.30. The van der Waals surface area contributed by atoms with E-state index in [0.717, 1.165) is 17.7 Å². The van der Waals surface area contributed by atoms with Crippen LogP contribution in [0.5, 0.6) is 5.75 Å². The quantitative estimate of drug-likeness (QED) is 0.817. The zero-order chi connectivity index (χ0) is 13.7. The second-order valence-corrected chi connectivity index (χ2v) is 5.47.